The molecule has 1 atom stereocenters. The molecule has 1 aliphatic heterocycles. The van der Waals surface area contributed by atoms with Crippen LogP contribution in [0.15, 0.2) is 72.9 Å². The fourth-order valence-electron chi connectivity index (χ4n) is 4.51. The van der Waals surface area contributed by atoms with E-state index >= 15 is 0 Å². The van der Waals surface area contributed by atoms with Gasteiger partial charge in [-0.25, -0.2) is 19.3 Å². The summed E-state index contributed by atoms with van der Waals surface area (Å²) in [6.07, 6.45) is 7.06. The molecule has 5 rings (SSSR count). The number of likely N-dealkylation sites (tertiary alicyclic amines) is 1. The molecule has 1 aliphatic rings. The number of aromatic amines is 1. The van der Waals surface area contributed by atoms with Crippen LogP contribution in [0.3, 0.4) is 0 Å². The lowest BCUT2D eigenvalue weighted by atomic mass is 10.0. The van der Waals surface area contributed by atoms with Gasteiger partial charge in [-0.3, -0.25) is 5.41 Å². The molecule has 188 valence electrons. The first-order valence-electron chi connectivity index (χ1n) is 12.2. The molecule has 0 unspecified atom stereocenters. The van der Waals surface area contributed by atoms with Crippen molar-refractivity contribution in [2.45, 2.75) is 18.9 Å². The van der Waals surface area contributed by atoms with E-state index in [1.54, 1.807) is 30.5 Å². The lowest BCUT2D eigenvalue weighted by Crippen LogP contribution is -2.28. The first-order valence-corrected chi connectivity index (χ1v) is 12.2. The molecule has 1 fully saturated rings. The molecule has 0 bridgehead atoms. The molecular formula is C28H28FN7O. The molecule has 4 heterocycles. The Kier molecular flexibility index (Phi) is 7.32. The topological polar surface area (TPSA) is 114 Å². The van der Waals surface area contributed by atoms with Crippen molar-refractivity contribution in [1.29, 1.82) is 5.41 Å². The van der Waals surface area contributed by atoms with Crippen molar-refractivity contribution >= 4 is 17.7 Å². The number of halogens is 1. The normalized spacial score (nSPS) is 15.4. The summed E-state index contributed by atoms with van der Waals surface area (Å²) in [4.78, 5) is 19.0. The Bertz CT molecular complexity index is 1420. The standard InChI is InChI=1S/C28H28FN7O/c29-20-6-1-5-19(17-20)25-10-4-15-36(25)26(30)12-13-28-32-18-24(35-28)23-8-2-7-21(33-23)22-9-3-11-27(34-22)31-14-16-37/h1-3,5-9,11-13,17-18,25,30,37H,4,10,14-16H2,(H,31,34)(H,32,35)/b13-12-,30-26?/t25-/m1/s1. The molecular weight excluding hydrogens is 469 g/mol. The van der Waals surface area contributed by atoms with E-state index in [1.807, 2.05) is 47.4 Å². The van der Waals surface area contributed by atoms with Crippen molar-refractivity contribution in [2.75, 3.05) is 25.0 Å². The largest absolute Gasteiger partial charge is 0.395 e. The maximum Gasteiger partial charge on any atom is 0.130 e. The predicted octanol–water partition coefficient (Wildman–Crippen LogP) is 4.90. The third-order valence-corrected chi connectivity index (χ3v) is 6.24. The summed E-state index contributed by atoms with van der Waals surface area (Å²) < 4.78 is 13.7. The molecule has 0 spiro atoms. The Hall–Kier alpha value is -4.37. The molecule has 0 aliphatic carbocycles. The number of nitrogens with zero attached hydrogens (tertiary/aromatic N) is 4. The van der Waals surface area contributed by atoms with Crippen LogP contribution < -0.4 is 5.32 Å². The Balaban J connectivity index is 1.29. The molecule has 4 aromatic rings. The van der Waals surface area contributed by atoms with E-state index in [9.17, 15) is 4.39 Å². The number of anilines is 1. The second-order valence-electron chi connectivity index (χ2n) is 8.77. The summed E-state index contributed by atoms with van der Waals surface area (Å²) >= 11 is 0. The summed E-state index contributed by atoms with van der Waals surface area (Å²) in [7, 11) is 0. The maximum absolute atomic E-state index is 13.7. The quantitative estimate of drug-likeness (QED) is 0.203. The van der Waals surface area contributed by atoms with E-state index in [1.165, 1.54) is 6.07 Å². The number of hydrogen-bond donors (Lipinski definition) is 4. The Morgan fingerprint density at radius 1 is 1.11 bits per heavy atom. The fourth-order valence-corrected chi connectivity index (χ4v) is 4.51. The number of rotatable bonds is 8. The van der Waals surface area contributed by atoms with Crippen molar-refractivity contribution in [1.82, 2.24) is 24.8 Å². The average molecular weight is 498 g/mol. The minimum Gasteiger partial charge on any atom is -0.395 e. The van der Waals surface area contributed by atoms with E-state index in [0.717, 1.165) is 47.7 Å². The lowest BCUT2D eigenvalue weighted by molar-refractivity contribution is 0.311. The minimum absolute atomic E-state index is 0.00194. The summed E-state index contributed by atoms with van der Waals surface area (Å²) in [6, 6.07) is 18.0. The zero-order valence-electron chi connectivity index (χ0n) is 20.2. The first kappa shape index (κ1) is 24.3. The fraction of sp³-hybridized carbons (Fsp3) is 0.214. The molecule has 4 N–H and O–H groups in total. The van der Waals surface area contributed by atoms with Crippen molar-refractivity contribution in [3.05, 3.63) is 90.1 Å². The first-order chi connectivity index (χ1) is 18.1. The zero-order chi connectivity index (χ0) is 25.6. The van der Waals surface area contributed by atoms with Crippen LogP contribution in [0.5, 0.6) is 0 Å². The number of aliphatic hydroxyl groups excluding tert-OH is 1. The second-order valence-corrected chi connectivity index (χ2v) is 8.77. The molecule has 1 aromatic carbocycles. The number of amidine groups is 1. The van der Waals surface area contributed by atoms with Gasteiger partial charge in [0, 0.05) is 13.1 Å². The van der Waals surface area contributed by atoms with Crippen LogP contribution in [-0.4, -0.2) is 55.5 Å². The SMILES string of the molecule is N=C(/C=C\c1ncc(-c2cccc(-c3cccc(NCCO)n3)n2)[nH]1)N1CCC[C@@H]1c1cccc(F)c1. The van der Waals surface area contributed by atoms with Gasteiger partial charge in [0.1, 0.15) is 23.3 Å². The average Bonchev–Trinajstić information content (AvgIpc) is 3.61. The van der Waals surface area contributed by atoms with Gasteiger partial charge in [0.25, 0.3) is 0 Å². The Morgan fingerprint density at radius 3 is 2.73 bits per heavy atom. The third kappa shape index (κ3) is 5.73. The third-order valence-electron chi connectivity index (χ3n) is 6.24. The van der Waals surface area contributed by atoms with Crippen LogP contribution in [0.2, 0.25) is 0 Å². The van der Waals surface area contributed by atoms with Gasteiger partial charge in [0.15, 0.2) is 0 Å². The molecule has 0 saturated carbocycles. The molecule has 8 nitrogen and oxygen atoms in total. The van der Waals surface area contributed by atoms with Crippen molar-refractivity contribution in [3.8, 4) is 22.8 Å². The van der Waals surface area contributed by atoms with E-state index in [-0.39, 0.29) is 18.5 Å². The zero-order valence-corrected chi connectivity index (χ0v) is 20.2. The highest BCUT2D eigenvalue weighted by Gasteiger charge is 2.27. The number of benzene rings is 1. The van der Waals surface area contributed by atoms with Crippen LogP contribution in [0.4, 0.5) is 10.2 Å². The highest BCUT2D eigenvalue weighted by molar-refractivity contribution is 5.94. The number of H-pyrrole nitrogens is 1. The molecule has 9 heteroatoms. The highest BCUT2D eigenvalue weighted by Crippen LogP contribution is 2.32. The van der Waals surface area contributed by atoms with E-state index in [2.05, 4.69) is 20.3 Å². The number of pyridine rings is 2. The summed E-state index contributed by atoms with van der Waals surface area (Å²) in [6.45, 7) is 1.21. The van der Waals surface area contributed by atoms with Gasteiger partial charge < -0.3 is 20.3 Å². The monoisotopic (exact) mass is 497 g/mol. The summed E-state index contributed by atoms with van der Waals surface area (Å²) in [5.41, 5.74) is 3.81. The van der Waals surface area contributed by atoms with Gasteiger partial charge in [0.05, 0.1) is 41.6 Å². The summed E-state index contributed by atoms with van der Waals surface area (Å²) in [5.74, 6) is 1.40. The Labute approximate surface area is 214 Å². The van der Waals surface area contributed by atoms with Gasteiger partial charge in [-0.15, -0.1) is 0 Å². The van der Waals surface area contributed by atoms with Crippen LogP contribution in [-0.2, 0) is 0 Å². The molecule has 37 heavy (non-hydrogen) atoms. The van der Waals surface area contributed by atoms with E-state index in [4.69, 9.17) is 15.5 Å². The molecule has 0 amide bonds. The molecule has 0 radical (unpaired) electrons. The number of hydrogen-bond acceptors (Lipinski definition) is 6. The molecule has 3 aromatic heterocycles. The second kappa shape index (κ2) is 11.1. The van der Waals surface area contributed by atoms with Crippen molar-refractivity contribution in [3.63, 3.8) is 0 Å². The smallest absolute Gasteiger partial charge is 0.130 e. The minimum atomic E-state index is -0.255. The van der Waals surface area contributed by atoms with E-state index < -0.39 is 0 Å². The van der Waals surface area contributed by atoms with Crippen LogP contribution >= 0.6 is 0 Å². The van der Waals surface area contributed by atoms with Crippen LogP contribution in [0.25, 0.3) is 28.9 Å². The number of aromatic nitrogens is 4. The van der Waals surface area contributed by atoms with Crippen LogP contribution in [0, 0.1) is 11.2 Å². The van der Waals surface area contributed by atoms with Crippen molar-refractivity contribution in [2.24, 2.45) is 0 Å². The predicted molar refractivity (Wildman–Crippen MR) is 142 cm³/mol. The summed E-state index contributed by atoms with van der Waals surface area (Å²) in [5, 5.41) is 20.7. The maximum atomic E-state index is 13.7. The molecule has 1 saturated heterocycles. The van der Waals surface area contributed by atoms with Gasteiger partial charge in [-0.2, -0.15) is 0 Å². The number of imidazole rings is 1. The van der Waals surface area contributed by atoms with Gasteiger partial charge >= 0.3 is 0 Å². The van der Waals surface area contributed by atoms with Gasteiger partial charge in [0.2, 0.25) is 0 Å². The number of nitrogens with one attached hydrogen (secondary N) is 3. The number of aliphatic hydroxyl groups is 1. The van der Waals surface area contributed by atoms with Crippen LogP contribution in [0.1, 0.15) is 30.3 Å². The lowest BCUT2D eigenvalue weighted by Gasteiger charge is -2.26. The van der Waals surface area contributed by atoms with Crippen molar-refractivity contribution < 1.29 is 9.50 Å². The van der Waals surface area contributed by atoms with E-state index in [0.29, 0.717) is 24.0 Å². The highest BCUT2D eigenvalue weighted by atomic mass is 19.1. The van der Waals surface area contributed by atoms with Gasteiger partial charge in [-0.05, 0) is 67.0 Å². The van der Waals surface area contributed by atoms with Gasteiger partial charge in [-0.1, -0.05) is 24.3 Å². The Morgan fingerprint density at radius 2 is 1.89 bits per heavy atom.